The summed E-state index contributed by atoms with van der Waals surface area (Å²) in [5, 5.41) is 0. The Morgan fingerprint density at radius 2 is 2.33 bits per heavy atom. The summed E-state index contributed by atoms with van der Waals surface area (Å²) in [6.45, 7) is 5.90. The maximum Gasteiger partial charge on any atom is 0.320 e. The van der Waals surface area contributed by atoms with E-state index in [2.05, 4.69) is 13.5 Å². The molecule has 1 aliphatic heterocycles. The van der Waals surface area contributed by atoms with Gasteiger partial charge in [0, 0.05) is 13.0 Å². The van der Waals surface area contributed by atoms with Crippen molar-refractivity contribution in [1.29, 1.82) is 0 Å². The van der Waals surface area contributed by atoms with E-state index in [1.807, 2.05) is 0 Å². The molecule has 3 nitrogen and oxygen atoms in total. The molecule has 0 saturated carbocycles. The molecule has 2 atom stereocenters. The third-order valence-electron chi connectivity index (χ3n) is 1.85. The molecule has 0 N–H and O–H groups in total. The Morgan fingerprint density at radius 3 is 2.83 bits per heavy atom. The van der Waals surface area contributed by atoms with Gasteiger partial charge >= 0.3 is 9.28 Å². The fourth-order valence-corrected chi connectivity index (χ4v) is 2.19. The minimum absolute atomic E-state index is 0.0493. The predicted molar refractivity (Wildman–Crippen MR) is 49.3 cm³/mol. The average Bonchev–Trinajstić information content (AvgIpc) is 1.98. The summed E-state index contributed by atoms with van der Waals surface area (Å²) >= 11 is 0. The van der Waals surface area contributed by atoms with Crippen LogP contribution >= 0.6 is 0 Å². The molecule has 1 aliphatic rings. The fraction of sp³-hybridized carbons (Fsp3) is 1.00. The third kappa shape index (κ3) is 3.67. The van der Waals surface area contributed by atoms with Gasteiger partial charge in [-0.1, -0.05) is 13.3 Å². The molecule has 0 amide bonds. The molecular weight excluding hydrogens is 172 g/mol. The van der Waals surface area contributed by atoms with Gasteiger partial charge in [-0.05, 0) is 13.0 Å². The molecule has 72 valence electrons. The molecule has 0 spiro atoms. The van der Waals surface area contributed by atoms with Gasteiger partial charge in [-0.2, -0.15) is 0 Å². The topological polar surface area (TPSA) is 27.7 Å². The van der Waals surface area contributed by atoms with E-state index in [0.29, 0.717) is 0 Å². The highest BCUT2D eigenvalue weighted by Gasteiger charge is 2.21. The minimum atomic E-state index is -1.38. The van der Waals surface area contributed by atoms with Gasteiger partial charge in [0.2, 0.25) is 0 Å². The maximum absolute atomic E-state index is 5.53. The van der Waals surface area contributed by atoms with Gasteiger partial charge in [-0.15, -0.1) is 0 Å². The second-order valence-corrected chi connectivity index (χ2v) is 4.76. The molecular formula is C8H18O3Si. The molecule has 0 aromatic carbocycles. The normalized spacial score (nSPS) is 25.0. The monoisotopic (exact) mass is 190 g/mol. The summed E-state index contributed by atoms with van der Waals surface area (Å²) in [5.41, 5.74) is 0. The highest BCUT2D eigenvalue weighted by molar-refractivity contribution is 6.42. The van der Waals surface area contributed by atoms with E-state index in [0.717, 1.165) is 26.1 Å². The van der Waals surface area contributed by atoms with Crippen LogP contribution in [0.25, 0.3) is 0 Å². The molecule has 1 fully saturated rings. The van der Waals surface area contributed by atoms with Gasteiger partial charge in [0.05, 0.1) is 6.61 Å². The van der Waals surface area contributed by atoms with Crippen LogP contribution in [0.3, 0.4) is 0 Å². The quantitative estimate of drug-likeness (QED) is 0.468. The number of hydrogen-bond donors (Lipinski definition) is 0. The molecule has 1 heterocycles. The smallest absolute Gasteiger partial charge is 0.320 e. The van der Waals surface area contributed by atoms with Crippen LogP contribution in [0.5, 0.6) is 0 Å². The largest absolute Gasteiger partial charge is 0.397 e. The molecule has 4 heteroatoms. The first-order valence-corrected chi connectivity index (χ1v) is 6.81. The Hall–Kier alpha value is 0.0969. The lowest BCUT2D eigenvalue weighted by Crippen LogP contribution is -2.35. The zero-order valence-electron chi connectivity index (χ0n) is 7.91. The Balaban J connectivity index is 1.91. The highest BCUT2D eigenvalue weighted by atomic mass is 28.3. The van der Waals surface area contributed by atoms with Crippen molar-refractivity contribution in [2.45, 2.75) is 39.0 Å². The summed E-state index contributed by atoms with van der Waals surface area (Å²) in [5.74, 6) is 0. The average molecular weight is 190 g/mol. The minimum Gasteiger partial charge on any atom is -0.397 e. The molecule has 0 radical (unpaired) electrons. The van der Waals surface area contributed by atoms with Gasteiger partial charge < -0.3 is 13.6 Å². The standard InChI is InChI=1S/C8H18O3Si/c1-3-4-6-10-12(2)11-8-5-7-9-8/h8,12H,3-7H2,1-2H3. The van der Waals surface area contributed by atoms with Crippen molar-refractivity contribution in [3.05, 3.63) is 0 Å². The van der Waals surface area contributed by atoms with Crippen molar-refractivity contribution in [2.75, 3.05) is 13.2 Å². The lowest BCUT2D eigenvalue weighted by molar-refractivity contribution is -0.174. The second-order valence-electron chi connectivity index (χ2n) is 3.02. The van der Waals surface area contributed by atoms with Crippen molar-refractivity contribution in [2.24, 2.45) is 0 Å². The van der Waals surface area contributed by atoms with Gasteiger partial charge in [-0.25, -0.2) is 0 Å². The number of rotatable bonds is 6. The first kappa shape index (κ1) is 10.2. The van der Waals surface area contributed by atoms with Crippen LogP contribution in [0.4, 0.5) is 0 Å². The van der Waals surface area contributed by atoms with Gasteiger partial charge in [-0.3, -0.25) is 0 Å². The van der Waals surface area contributed by atoms with Crippen molar-refractivity contribution in [3.8, 4) is 0 Å². The Labute approximate surface area is 75.9 Å². The van der Waals surface area contributed by atoms with Crippen LogP contribution in [0.1, 0.15) is 26.2 Å². The van der Waals surface area contributed by atoms with Crippen LogP contribution in [0.15, 0.2) is 0 Å². The molecule has 1 saturated heterocycles. The van der Waals surface area contributed by atoms with E-state index in [1.54, 1.807) is 0 Å². The summed E-state index contributed by atoms with van der Waals surface area (Å²) in [4.78, 5) is 0. The van der Waals surface area contributed by atoms with Crippen LogP contribution in [-0.4, -0.2) is 28.8 Å². The Bertz CT molecular complexity index is 117. The predicted octanol–water partition coefficient (Wildman–Crippen LogP) is 1.42. The van der Waals surface area contributed by atoms with E-state index in [-0.39, 0.29) is 6.29 Å². The van der Waals surface area contributed by atoms with E-state index in [4.69, 9.17) is 13.6 Å². The molecule has 12 heavy (non-hydrogen) atoms. The summed E-state index contributed by atoms with van der Waals surface area (Å²) in [6.07, 6.45) is 3.40. The molecule has 0 aliphatic carbocycles. The van der Waals surface area contributed by atoms with Crippen LogP contribution in [0, 0.1) is 0 Å². The fourth-order valence-electron chi connectivity index (χ4n) is 0.968. The molecule has 1 rings (SSSR count). The second kappa shape index (κ2) is 5.69. The number of ether oxygens (including phenoxy) is 1. The number of unbranched alkanes of at least 4 members (excludes halogenated alkanes) is 1. The van der Waals surface area contributed by atoms with Gasteiger partial charge in [0.1, 0.15) is 0 Å². The summed E-state index contributed by atoms with van der Waals surface area (Å²) in [6, 6.07) is 0. The Morgan fingerprint density at radius 1 is 1.58 bits per heavy atom. The zero-order valence-corrected chi connectivity index (χ0v) is 9.07. The van der Waals surface area contributed by atoms with Crippen molar-refractivity contribution in [3.63, 3.8) is 0 Å². The summed E-state index contributed by atoms with van der Waals surface area (Å²) < 4.78 is 16.2. The van der Waals surface area contributed by atoms with E-state index in [1.165, 1.54) is 6.42 Å². The van der Waals surface area contributed by atoms with Gasteiger partial charge in [0.15, 0.2) is 6.29 Å². The SMILES string of the molecule is CCCCO[SiH](C)OC1CCO1. The van der Waals surface area contributed by atoms with Crippen LogP contribution in [-0.2, 0) is 13.6 Å². The highest BCUT2D eigenvalue weighted by Crippen LogP contribution is 2.13. The molecule has 0 aromatic rings. The zero-order chi connectivity index (χ0) is 8.81. The maximum atomic E-state index is 5.53. The Kier molecular flexibility index (Phi) is 4.83. The van der Waals surface area contributed by atoms with E-state index in [9.17, 15) is 0 Å². The van der Waals surface area contributed by atoms with Crippen LogP contribution in [0.2, 0.25) is 6.55 Å². The summed E-state index contributed by atoms with van der Waals surface area (Å²) in [7, 11) is -1.38. The lowest BCUT2D eigenvalue weighted by atomic mass is 10.4. The van der Waals surface area contributed by atoms with Gasteiger partial charge in [0.25, 0.3) is 0 Å². The molecule has 0 aromatic heterocycles. The molecule has 2 unspecified atom stereocenters. The third-order valence-corrected chi connectivity index (χ3v) is 3.24. The lowest BCUT2D eigenvalue weighted by Gasteiger charge is -2.28. The van der Waals surface area contributed by atoms with E-state index < -0.39 is 9.28 Å². The van der Waals surface area contributed by atoms with Crippen LogP contribution < -0.4 is 0 Å². The first-order chi connectivity index (χ1) is 5.83. The first-order valence-electron chi connectivity index (χ1n) is 4.71. The van der Waals surface area contributed by atoms with Crippen molar-refractivity contribution >= 4 is 9.28 Å². The number of hydrogen-bond acceptors (Lipinski definition) is 3. The van der Waals surface area contributed by atoms with E-state index >= 15 is 0 Å². The van der Waals surface area contributed by atoms with Crippen molar-refractivity contribution in [1.82, 2.24) is 0 Å². The molecule has 0 bridgehead atoms. The van der Waals surface area contributed by atoms with Crippen molar-refractivity contribution < 1.29 is 13.6 Å².